The van der Waals surface area contributed by atoms with Gasteiger partial charge in [0.05, 0.1) is 18.6 Å². The number of nitrogens with zero attached hydrogens (tertiary/aromatic N) is 6. The molecule has 2 aliphatic heterocycles. The number of fused-ring (bicyclic) bond motifs is 1. The Balaban J connectivity index is 1.43. The van der Waals surface area contributed by atoms with E-state index < -0.39 is 0 Å². The van der Waals surface area contributed by atoms with Crippen molar-refractivity contribution in [3.05, 3.63) is 36.2 Å². The first-order valence-corrected chi connectivity index (χ1v) is 9.89. The van der Waals surface area contributed by atoms with Crippen molar-refractivity contribution in [2.24, 2.45) is 0 Å². The number of nitrogens with one attached hydrogen (secondary N) is 1. The van der Waals surface area contributed by atoms with Gasteiger partial charge in [-0.15, -0.1) is 0 Å². The zero-order chi connectivity index (χ0) is 18.9. The predicted molar refractivity (Wildman–Crippen MR) is 110 cm³/mol. The molecule has 2 fully saturated rings. The highest BCUT2D eigenvalue weighted by Gasteiger charge is 2.24. The van der Waals surface area contributed by atoms with Crippen molar-refractivity contribution >= 4 is 28.6 Å². The standard InChI is InChI=1S/C20H25N7O/c1-15-14-16-18(22-15)23-20(27-10-12-28-13-11-27)24-19(16)26-8-6-25(7-9-26)17-4-2-3-5-21-17/h2-5,14H,6-13H2,1H3,(H,22,23,24). The molecule has 0 unspecified atom stereocenters. The number of pyridine rings is 1. The van der Waals surface area contributed by atoms with E-state index in [0.717, 1.165) is 86.8 Å². The maximum atomic E-state index is 5.49. The van der Waals surface area contributed by atoms with Gasteiger partial charge in [0.1, 0.15) is 17.3 Å². The number of H-pyrrole nitrogens is 1. The van der Waals surface area contributed by atoms with Crippen LogP contribution < -0.4 is 14.7 Å². The second kappa shape index (κ2) is 7.27. The van der Waals surface area contributed by atoms with Crippen molar-refractivity contribution in [2.75, 3.05) is 67.2 Å². The average Bonchev–Trinajstić information content (AvgIpc) is 3.14. The molecule has 0 aromatic carbocycles. The maximum absolute atomic E-state index is 5.49. The van der Waals surface area contributed by atoms with Crippen LogP contribution in [0.15, 0.2) is 30.5 Å². The number of morpholine rings is 1. The summed E-state index contributed by atoms with van der Waals surface area (Å²) < 4.78 is 5.49. The lowest BCUT2D eigenvalue weighted by atomic mass is 10.2. The molecule has 0 saturated carbocycles. The van der Waals surface area contributed by atoms with E-state index in [0.29, 0.717) is 0 Å². The topological polar surface area (TPSA) is 73.4 Å². The molecule has 0 atom stereocenters. The number of hydrogen-bond acceptors (Lipinski definition) is 7. The lowest BCUT2D eigenvalue weighted by molar-refractivity contribution is 0.122. The summed E-state index contributed by atoms with van der Waals surface area (Å²) in [5, 5.41) is 1.10. The number of hydrogen-bond donors (Lipinski definition) is 1. The van der Waals surface area contributed by atoms with Crippen LogP contribution in [0.3, 0.4) is 0 Å². The molecule has 1 N–H and O–H groups in total. The van der Waals surface area contributed by atoms with Crippen LogP contribution in [0.1, 0.15) is 5.69 Å². The third-order valence-electron chi connectivity index (χ3n) is 5.44. The van der Waals surface area contributed by atoms with Gasteiger partial charge in [0, 0.05) is 51.2 Å². The monoisotopic (exact) mass is 379 g/mol. The van der Waals surface area contributed by atoms with Gasteiger partial charge >= 0.3 is 0 Å². The summed E-state index contributed by atoms with van der Waals surface area (Å²) in [7, 11) is 0. The molecule has 0 aliphatic carbocycles. The highest BCUT2D eigenvalue weighted by atomic mass is 16.5. The van der Waals surface area contributed by atoms with Gasteiger partial charge in [-0.05, 0) is 25.1 Å². The van der Waals surface area contributed by atoms with Crippen LogP contribution in [-0.2, 0) is 4.74 Å². The van der Waals surface area contributed by atoms with Gasteiger partial charge in [0.15, 0.2) is 0 Å². The number of rotatable bonds is 3. The quantitative estimate of drug-likeness (QED) is 0.744. The first-order valence-electron chi connectivity index (χ1n) is 9.89. The maximum Gasteiger partial charge on any atom is 0.229 e. The smallest absolute Gasteiger partial charge is 0.229 e. The Morgan fingerprint density at radius 3 is 2.46 bits per heavy atom. The molecule has 146 valence electrons. The molecule has 8 heteroatoms. The van der Waals surface area contributed by atoms with Gasteiger partial charge < -0.3 is 24.4 Å². The van der Waals surface area contributed by atoms with E-state index in [-0.39, 0.29) is 0 Å². The Kier molecular flexibility index (Phi) is 4.48. The molecular formula is C20H25N7O. The van der Waals surface area contributed by atoms with Crippen molar-refractivity contribution in [1.82, 2.24) is 19.9 Å². The number of piperazine rings is 1. The van der Waals surface area contributed by atoms with E-state index in [1.165, 1.54) is 0 Å². The Morgan fingerprint density at radius 1 is 0.929 bits per heavy atom. The summed E-state index contributed by atoms with van der Waals surface area (Å²) in [5.74, 6) is 2.86. The molecule has 0 spiro atoms. The van der Waals surface area contributed by atoms with Crippen LogP contribution in [0.25, 0.3) is 11.0 Å². The van der Waals surface area contributed by atoms with Gasteiger partial charge in [0.2, 0.25) is 5.95 Å². The minimum Gasteiger partial charge on any atom is -0.378 e. The van der Waals surface area contributed by atoms with Gasteiger partial charge in [-0.3, -0.25) is 0 Å². The number of aromatic amines is 1. The predicted octanol–water partition coefficient (Wildman–Crippen LogP) is 1.82. The van der Waals surface area contributed by atoms with E-state index in [4.69, 9.17) is 14.7 Å². The van der Waals surface area contributed by atoms with Crippen LogP contribution in [0.5, 0.6) is 0 Å². The summed E-state index contributed by atoms with van der Waals surface area (Å²) in [6.45, 7) is 8.87. The number of ether oxygens (including phenoxy) is 1. The molecule has 0 radical (unpaired) electrons. The first kappa shape index (κ1) is 17.2. The summed E-state index contributed by atoms with van der Waals surface area (Å²) in [6, 6.07) is 8.22. The van der Waals surface area contributed by atoms with Crippen LogP contribution in [0, 0.1) is 6.92 Å². The minimum absolute atomic E-state index is 0.725. The van der Waals surface area contributed by atoms with Gasteiger partial charge in [0.25, 0.3) is 0 Å². The van der Waals surface area contributed by atoms with Crippen LogP contribution in [-0.4, -0.2) is 72.4 Å². The fourth-order valence-corrected chi connectivity index (χ4v) is 3.95. The largest absolute Gasteiger partial charge is 0.378 e. The Morgan fingerprint density at radius 2 is 1.71 bits per heavy atom. The Bertz CT molecular complexity index is 944. The van der Waals surface area contributed by atoms with Crippen LogP contribution >= 0.6 is 0 Å². The highest BCUT2D eigenvalue weighted by Crippen LogP contribution is 2.29. The van der Waals surface area contributed by atoms with E-state index >= 15 is 0 Å². The third-order valence-corrected chi connectivity index (χ3v) is 5.44. The SMILES string of the molecule is Cc1cc2c(N3CCN(c4ccccn4)CC3)nc(N3CCOCC3)nc2[nH]1. The lowest BCUT2D eigenvalue weighted by Gasteiger charge is -2.36. The second-order valence-electron chi connectivity index (χ2n) is 7.32. The molecule has 0 bridgehead atoms. The summed E-state index contributed by atoms with van der Waals surface area (Å²) in [4.78, 5) is 24.6. The number of anilines is 3. The molecule has 8 nitrogen and oxygen atoms in total. The first-order chi connectivity index (χ1) is 13.8. The van der Waals surface area contributed by atoms with Gasteiger partial charge in [-0.2, -0.15) is 9.97 Å². The Labute approximate surface area is 164 Å². The summed E-state index contributed by atoms with van der Waals surface area (Å²) in [5.41, 5.74) is 2.02. The van der Waals surface area contributed by atoms with Crippen molar-refractivity contribution in [3.63, 3.8) is 0 Å². The zero-order valence-electron chi connectivity index (χ0n) is 16.1. The molecule has 5 heterocycles. The molecule has 5 rings (SSSR count). The highest BCUT2D eigenvalue weighted by molar-refractivity contribution is 5.89. The number of aromatic nitrogens is 4. The minimum atomic E-state index is 0.725. The van der Waals surface area contributed by atoms with Crippen molar-refractivity contribution in [1.29, 1.82) is 0 Å². The van der Waals surface area contributed by atoms with Gasteiger partial charge in [-0.25, -0.2) is 4.98 Å². The zero-order valence-corrected chi connectivity index (χ0v) is 16.1. The lowest BCUT2D eigenvalue weighted by Crippen LogP contribution is -2.47. The molecule has 2 saturated heterocycles. The molecule has 28 heavy (non-hydrogen) atoms. The van der Waals surface area contributed by atoms with Crippen molar-refractivity contribution < 1.29 is 4.74 Å². The fourth-order valence-electron chi connectivity index (χ4n) is 3.95. The van der Waals surface area contributed by atoms with Crippen LogP contribution in [0.2, 0.25) is 0 Å². The molecule has 0 amide bonds. The molecule has 3 aromatic heterocycles. The van der Waals surface area contributed by atoms with Crippen molar-refractivity contribution in [3.8, 4) is 0 Å². The van der Waals surface area contributed by atoms with Gasteiger partial charge in [-0.1, -0.05) is 6.07 Å². The van der Waals surface area contributed by atoms with Crippen LogP contribution in [0.4, 0.5) is 17.6 Å². The van der Waals surface area contributed by atoms with E-state index in [9.17, 15) is 0 Å². The molecule has 3 aromatic rings. The normalized spacial score (nSPS) is 18.1. The third kappa shape index (κ3) is 3.24. The average molecular weight is 379 g/mol. The number of aryl methyl sites for hydroxylation is 1. The van der Waals surface area contributed by atoms with E-state index in [1.54, 1.807) is 0 Å². The van der Waals surface area contributed by atoms with E-state index in [2.05, 4.69) is 43.7 Å². The van der Waals surface area contributed by atoms with Crippen molar-refractivity contribution in [2.45, 2.75) is 6.92 Å². The van der Waals surface area contributed by atoms with E-state index in [1.807, 2.05) is 18.3 Å². The summed E-state index contributed by atoms with van der Waals surface area (Å²) >= 11 is 0. The molecular weight excluding hydrogens is 354 g/mol. The Hall–Kier alpha value is -2.87. The molecule has 2 aliphatic rings. The second-order valence-corrected chi connectivity index (χ2v) is 7.32. The summed E-state index contributed by atoms with van der Waals surface area (Å²) in [6.07, 6.45) is 1.85. The fraction of sp³-hybridized carbons (Fsp3) is 0.450.